The van der Waals surface area contributed by atoms with Gasteiger partial charge in [0.2, 0.25) is 10.0 Å². The summed E-state index contributed by atoms with van der Waals surface area (Å²) in [5.74, 6) is 0.0352. The molecule has 0 saturated carbocycles. The van der Waals surface area contributed by atoms with E-state index in [1.165, 1.54) is 18.2 Å². The van der Waals surface area contributed by atoms with E-state index in [4.69, 9.17) is 11.6 Å². The van der Waals surface area contributed by atoms with Gasteiger partial charge >= 0.3 is 6.61 Å². The quantitative estimate of drug-likeness (QED) is 0.711. The minimum atomic E-state index is -3.23. The zero-order valence-corrected chi connectivity index (χ0v) is 12.3. The summed E-state index contributed by atoms with van der Waals surface area (Å²) in [6.07, 6.45) is 1.05. The highest BCUT2D eigenvalue weighted by Crippen LogP contribution is 2.24. The van der Waals surface area contributed by atoms with Crippen molar-refractivity contribution in [2.75, 3.05) is 19.3 Å². The van der Waals surface area contributed by atoms with E-state index >= 15 is 0 Å². The molecule has 0 aliphatic carbocycles. The molecule has 0 aromatic heterocycles. The van der Waals surface area contributed by atoms with Gasteiger partial charge in [-0.25, -0.2) is 13.1 Å². The molecule has 0 spiro atoms. The molecule has 0 bridgehead atoms. The summed E-state index contributed by atoms with van der Waals surface area (Å²) in [4.78, 5) is 0. The maximum Gasteiger partial charge on any atom is 0.387 e. The molecule has 2 N–H and O–H groups in total. The SMILES string of the molecule is CS(=O)(=O)NCCNCc1cc(Cl)ccc1OC(F)F. The van der Waals surface area contributed by atoms with Crippen LogP contribution in [0, 0.1) is 0 Å². The number of halogens is 3. The summed E-state index contributed by atoms with van der Waals surface area (Å²) in [6.45, 7) is -2.14. The maximum absolute atomic E-state index is 12.2. The van der Waals surface area contributed by atoms with E-state index in [1.54, 1.807) is 0 Å². The first-order chi connectivity index (χ1) is 9.28. The van der Waals surface area contributed by atoms with Crippen molar-refractivity contribution in [1.29, 1.82) is 0 Å². The molecule has 0 radical (unpaired) electrons. The molecule has 0 unspecified atom stereocenters. The summed E-state index contributed by atoms with van der Waals surface area (Å²) in [7, 11) is -3.23. The summed E-state index contributed by atoms with van der Waals surface area (Å²) >= 11 is 5.79. The number of benzene rings is 1. The summed E-state index contributed by atoms with van der Waals surface area (Å²) in [5.41, 5.74) is 0.470. The summed E-state index contributed by atoms with van der Waals surface area (Å²) in [6, 6.07) is 4.32. The molecule has 1 rings (SSSR count). The maximum atomic E-state index is 12.2. The zero-order chi connectivity index (χ0) is 15.2. The molecular formula is C11H15ClF2N2O3S. The smallest absolute Gasteiger partial charge is 0.387 e. The van der Waals surface area contributed by atoms with Crippen LogP contribution >= 0.6 is 11.6 Å². The lowest BCUT2D eigenvalue weighted by Gasteiger charge is -2.12. The fraction of sp³-hybridized carbons (Fsp3) is 0.455. The van der Waals surface area contributed by atoms with Crippen LogP contribution in [0.5, 0.6) is 5.75 Å². The molecule has 9 heteroatoms. The highest BCUT2D eigenvalue weighted by atomic mass is 35.5. The van der Waals surface area contributed by atoms with Crippen LogP contribution in [0.2, 0.25) is 5.02 Å². The number of ether oxygens (including phenoxy) is 1. The van der Waals surface area contributed by atoms with Crippen molar-refractivity contribution in [3.63, 3.8) is 0 Å². The lowest BCUT2D eigenvalue weighted by Crippen LogP contribution is -2.30. The second-order valence-corrected chi connectivity index (χ2v) is 6.24. The number of rotatable bonds is 8. The van der Waals surface area contributed by atoms with Gasteiger partial charge < -0.3 is 10.1 Å². The number of hydrogen-bond donors (Lipinski definition) is 2. The largest absolute Gasteiger partial charge is 0.434 e. The molecule has 0 heterocycles. The minimum absolute atomic E-state index is 0.0352. The Morgan fingerprint density at radius 1 is 1.35 bits per heavy atom. The van der Waals surface area contributed by atoms with E-state index in [2.05, 4.69) is 14.8 Å². The highest BCUT2D eigenvalue weighted by Gasteiger charge is 2.10. The Morgan fingerprint density at radius 2 is 2.05 bits per heavy atom. The van der Waals surface area contributed by atoms with Crippen molar-refractivity contribution in [3.8, 4) is 5.75 Å². The van der Waals surface area contributed by atoms with E-state index in [-0.39, 0.29) is 18.8 Å². The zero-order valence-electron chi connectivity index (χ0n) is 10.7. The molecule has 0 amide bonds. The monoisotopic (exact) mass is 328 g/mol. The van der Waals surface area contributed by atoms with Gasteiger partial charge in [-0.2, -0.15) is 8.78 Å². The van der Waals surface area contributed by atoms with Gasteiger partial charge in [0.1, 0.15) is 5.75 Å². The molecule has 0 atom stereocenters. The van der Waals surface area contributed by atoms with Crippen LogP contribution in [0.3, 0.4) is 0 Å². The van der Waals surface area contributed by atoms with Gasteiger partial charge in [-0.1, -0.05) is 11.6 Å². The number of sulfonamides is 1. The summed E-state index contributed by atoms with van der Waals surface area (Å²) in [5, 5.41) is 3.31. The van der Waals surface area contributed by atoms with Gasteiger partial charge in [-0.15, -0.1) is 0 Å². The molecule has 0 saturated heterocycles. The van der Waals surface area contributed by atoms with Gasteiger partial charge in [0, 0.05) is 30.2 Å². The first-order valence-electron chi connectivity index (χ1n) is 5.66. The van der Waals surface area contributed by atoms with Crippen molar-refractivity contribution >= 4 is 21.6 Å². The molecular weight excluding hydrogens is 314 g/mol. The Morgan fingerprint density at radius 3 is 2.65 bits per heavy atom. The molecule has 20 heavy (non-hydrogen) atoms. The molecule has 0 fully saturated rings. The van der Waals surface area contributed by atoms with Crippen LogP contribution in [0.25, 0.3) is 0 Å². The molecule has 114 valence electrons. The Labute approximate surface area is 121 Å². The molecule has 5 nitrogen and oxygen atoms in total. The number of hydrogen-bond acceptors (Lipinski definition) is 4. The minimum Gasteiger partial charge on any atom is -0.434 e. The van der Waals surface area contributed by atoms with E-state index < -0.39 is 16.6 Å². The summed E-state index contributed by atoms with van der Waals surface area (Å²) < 4.78 is 52.8. The number of alkyl halides is 2. The first-order valence-corrected chi connectivity index (χ1v) is 7.93. The van der Waals surface area contributed by atoms with Gasteiger partial charge in [0.25, 0.3) is 0 Å². The second kappa shape index (κ2) is 7.72. The van der Waals surface area contributed by atoms with E-state index in [9.17, 15) is 17.2 Å². The Kier molecular flexibility index (Phi) is 6.60. The third kappa shape index (κ3) is 6.99. The van der Waals surface area contributed by atoms with Crippen molar-refractivity contribution in [1.82, 2.24) is 10.0 Å². The fourth-order valence-corrected chi connectivity index (χ4v) is 2.11. The standard InChI is InChI=1S/C11H15ClF2N2O3S/c1-20(17,18)16-5-4-15-7-8-6-9(12)2-3-10(8)19-11(13)14/h2-3,6,11,15-16H,4-5,7H2,1H3. The molecule has 1 aromatic rings. The van der Waals surface area contributed by atoms with Crippen molar-refractivity contribution in [3.05, 3.63) is 28.8 Å². The van der Waals surface area contributed by atoms with Crippen LogP contribution in [0.1, 0.15) is 5.56 Å². The molecule has 0 aliphatic heterocycles. The predicted molar refractivity (Wildman–Crippen MR) is 72.6 cm³/mol. The predicted octanol–water partition coefficient (Wildman–Crippen LogP) is 1.58. The normalized spacial score (nSPS) is 11.8. The average Bonchev–Trinajstić information content (AvgIpc) is 2.30. The lowest BCUT2D eigenvalue weighted by molar-refractivity contribution is -0.0504. The Balaban J connectivity index is 2.51. The molecule has 1 aromatic carbocycles. The topological polar surface area (TPSA) is 67.4 Å². The van der Waals surface area contributed by atoms with Crippen LogP contribution < -0.4 is 14.8 Å². The van der Waals surface area contributed by atoms with Gasteiger partial charge in [0.15, 0.2) is 0 Å². The Bertz CT molecular complexity index is 540. The van der Waals surface area contributed by atoms with Gasteiger partial charge in [-0.05, 0) is 18.2 Å². The lowest BCUT2D eigenvalue weighted by atomic mass is 10.2. The van der Waals surface area contributed by atoms with E-state index in [1.807, 2.05) is 0 Å². The van der Waals surface area contributed by atoms with Gasteiger partial charge in [0.05, 0.1) is 6.26 Å². The van der Waals surface area contributed by atoms with Crippen LogP contribution in [0.15, 0.2) is 18.2 Å². The Hall–Kier alpha value is -0.960. The van der Waals surface area contributed by atoms with Crippen molar-refractivity contribution in [2.24, 2.45) is 0 Å². The van der Waals surface area contributed by atoms with Crippen molar-refractivity contribution in [2.45, 2.75) is 13.2 Å². The van der Waals surface area contributed by atoms with E-state index in [0.717, 1.165) is 6.26 Å². The van der Waals surface area contributed by atoms with Crippen LogP contribution in [-0.2, 0) is 16.6 Å². The van der Waals surface area contributed by atoms with Crippen LogP contribution in [0.4, 0.5) is 8.78 Å². The highest BCUT2D eigenvalue weighted by molar-refractivity contribution is 7.88. The third-order valence-corrected chi connectivity index (χ3v) is 3.18. The van der Waals surface area contributed by atoms with E-state index in [0.29, 0.717) is 17.1 Å². The van der Waals surface area contributed by atoms with Crippen LogP contribution in [-0.4, -0.2) is 34.4 Å². The first kappa shape index (κ1) is 17.1. The van der Waals surface area contributed by atoms with Gasteiger partial charge in [-0.3, -0.25) is 0 Å². The second-order valence-electron chi connectivity index (χ2n) is 3.97. The van der Waals surface area contributed by atoms with Crippen molar-refractivity contribution < 1.29 is 21.9 Å². The third-order valence-electron chi connectivity index (χ3n) is 2.22. The number of nitrogens with one attached hydrogen (secondary N) is 2. The fourth-order valence-electron chi connectivity index (χ4n) is 1.44. The molecule has 0 aliphatic rings. The average molecular weight is 329 g/mol.